The summed E-state index contributed by atoms with van der Waals surface area (Å²) >= 11 is 0. The Kier molecular flexibility index (Phi) is 7.13. The molecule has 0 radical (unpaired) electrons. The van der Waals surface area contributed by atoms with Crippen molar-refractivity contribution >= 4 is 0 Å². The molecule has 0 spiro atoms. The Balaban J connectivity index is 0.000000791. The zero-order valence-electron chi connectivity index (χ0n) is 10.1. The molecule has 0 aliphatic carbocycles. The number of nitrogens with one attached hydrogen (secondary N) is 1. The first kappa shape index (κ1) is 13.2. The minimum absolute atomic E-state index is 0.561. The number of rotatable bonds is 3. The number of benzene rings is 1. The van der Waals surface area contributed by atoms with Crippen molar-refractivity contribution in [1.29, 1.82) is 0 Å². The van der Waals surface area contributed by atoms with Crippen LogP contribution in [0.3, 0.4) is 0 Å². The second-order valence-electron chi connectivity index (χ2n) is 3.52. The maximum absolute atomic E-state index is 3.38. The van der Waals surface area contributed by atoms with Crippen LogP contribution < -0.4 is 5.32 Å². The first-order valence-electron chi connectivity index (χ1n) is 5.47. The summed E-state index contributed by atoms with van der Waals surface area (Å²) in [7, 11) is 0. The quantitative estimate of drug-likeness (QED) is 0.774. The number of hydrogen-bond donors (Lipinski definition) is 1. The molecule has 0 saturated heterocycles. The van der Waals surface area contributed by atoms with Crippen molar-refractivity contribution in [2.24, 2.45) is 0 Å². The van der Waals surface area contributed by atoms with Gasteiger partial charge in [-0.1, -0.05) is 57.5 Å². The Labute approximate surface area is 88.5 Å². The summed E-state index contributed by atoms with van der Waals surface area (Å²) in [6.45, 7) is 11.4. The molecule has 0 aliphatic heterocycles. The van der Waals surface area contributed by atoms with Crippen LogP contribution in [0.25, 0.3) is 0 Å². The van der Waals surface area contributed by atoms with Crippen LogP contribution in [0, 0.1) is 6.92 Å². The topological polar surface area (TPSA) is 12.0 Å². The fourth-order valence-electron chi connectivity index (χ4n) is 1.03. The minimum Gasteiger partial charge on any atom is -0.310 e. The third-order valence-corrected chi connectivity index (χ3v) is 1.84. The predicted molar refractivity (Wildman–Crippen MR) is 64.5 cm³/mol. The molecule has 1 heteroatoms. The normalized spacial score (nSPS) is 9.57. The van der Waals surface area contributed by atoms with Crippen molar-refractivity contribution in [2.45, 2.75) is 47.2 Å². The third-order valence-electron chi connectivity index (χ3n) is 1.84. The molecule has 14 heavy (non-hydrogen) atoms. The molecule has 80 valence electrons. The summed E-state index contributed by atoms with van der Waals surface area (Å²) in [6.07, 6.45) is 0. The highest BCUT2D eigenvalue weighted by molar-refractivity contribution is 5.21. The van der Waals surface area contributed by atoms with Gasteiger partial charge >= 0.3 is 0 Å². The monoisotopic (exact) mass is 193 g/mol. The molecule has 0 atom stereocenters. The van der Waals surface area contributed by atoms with Crippen LogP contribution in [0.15, 0.2) is 24.3 Å². The molecule has 1 aromatic carbocycles. The smallest absolute Gasteiger partial charge is 0.0207 e. The van der Waals surface area contributed by atoms with Gasteiger partial charge in [-0.15, -0.1) is 0 Å². The maximum Gasteiger partial charge on any atom is 0.0207 e. The fraction of sp³-hybridized carbons (Fsp3) is 0.538. The van der Waals surface area contributed by atoms with Crippen molar-refractivity contribution in [2.75, 3.05) is 0 Å². The van der Waals surface area contributed by atoms with Crippen LogP contribution >= 0.6 is 0 Å². The van der Waals surface area contributed by atoms with Gasteiger partial charge in [0.05, 0.1) is 0 Å². The van der Waals surface area contributed by atoms with Crippen LogP contribution in [0.1, 0.15) is 38.8 Å². The number of aryl methyl sites for hydroxylation is 1. The zero-order valence-corrected chi connectivity index (χ0v) is 10.1. The molecule has 0 aliphatic rings. The van der Waals surface area contributed by atoms with E-state index in [0.717, 1.165) is 6.54 Å². The highest BCUT2D eigenvalue weighted by atomic mass is 14.9. The van der Waals surface area contributed by atoms with Gasteiger partial charge in [-0.25, -0.2) is 0 Å². The Bertz CT molecular complexity index is 223. The van der Waals surface area contributed by atoms with E-state index in [0.29, 0.717) is 6.04 Å². The van der Waals surface area contributed by atoms with E-state index in [1.54, 1.807) is 0 Å². The van der Waals surface area contributed by atoms with Crippen molar-refractivity contribution in [3.63, 3.8) is 0 Å². The highest BCUT2D eigenvalue weighted by Gasteiger charge is 1.93. The lowest BCUT2D eigenvalue weighted by molar-refractivity contribution is 0.589. The fourth-order valence-corrected chi connectivity index (χ4v) is 1.03. The second kappa shape index (κ2) is 7.57. The molecule has 1 aromatic rings. The average molecular weight is 193 g/mol. The second-order valence-corrected chi connectivity index (χ2v) is 3.52. The molecule has 1 N–H and O–H groups in total. The Morgan fingerprint density at radius 1 is 1.07 bits per heavy atom. The molecular formula is C13H23N. The molecule has 1 rings (SSSR count). The van der Waals surface area contributed by atoms with E-state index in [2.05, 4.69) is 50.4 Å². The maximum atomic E-state index is 3.38. The third kappa shape index (κ3) is 5.76. The van der Waals surface area contributed by atoms with E-state index in [9.17, 15) is 0 Å². The molecule has 0 bridgehead atoms. The van der Waals surface area contributed by atoms with Gasteiger partial charge in [-0.05, 0) is 12.5 Å². The van der Waals surface area contributed by atoms with Gasteiger partial charge in [0, 0.05) is 12.6 Å². The van der Waals surface area contributed by atoms with E-state index >= 15 is 0 Å². The van der Waals surface area contributed by atoms with Gasteiger partial charge in [-0.2, -0.15) is 0 Å². The van der Waals surface area contributed by atoms with Crippen LogP contribution in [-0.4, -0.2) is 6.04 Å². The molecule has 0 fully saturated rings. The molecule has 0 unspecified atom stereocenters. The Hall–Kier alpha value is -0.820. The van der Waals surface area contributed by atoms with Crippen LogP contribution in [-0.2, 0) is 6.54 Å². The Morgan fingerprint density at radius 2 is 1.57 bits per heavy atom. The first-order chi connectivity index (χ1) is 6.68. The van der Waals surface area contributed by atoms with E-state index < -0.39 is 0 Å². The van der Waals surface area contributed by atoms with Crippen molar-refractivity contribution in [3.8, 4) is 0 Å². The highest BCUT2D eigenvalue weighted by Crippen LogP contribution is 2.02. The molecule has 0 saturated carbocycles. The van der Waals surface area contributed by atoms with Gasteiger partial charge in [0.2, 0.25) is 0 Å². The van der Waals surface area contributed by atoms with E-state index in [4.69, 9.17) is 0 Å². The van der Waals surface area contributed by atoms with E-state index in [-0.39, 0.29) is 0 Å². The first-order valence-corrected chi connectivity index (χ1v) is 5.47. The van der Waals surface area contributed by atoms with Gasteiger partial charge in [0.15, 0.2) is 0 Å². The van der Waals surface area contributed by atoms with Gasteiger partial charge < -0.3 is 5.32 Å². The summed E-state index contributed by atoms with van der Waals surface area (Å²) < 4.78 is 0. The summed E-state index contributed by atoms with van der Waals surface area (Å²) in [5.41, 5.74) is 2.68. The van der Waals surface area contributed by atoms with Crippen LogP contribution in [0.4, 0.5) is 0 Å². The molecule has 1 nitrogen and oxygen atoms in total. The van der Waals surface area contributed by atoms with Crippen molar-refractivity contribution in [1.82, 2.24) is 5.32 Å². The summed E-state index contributed by atoms with van der Waals surface area (Å²) in [5.74, 6) is 0. The number of hydrogen-bond acceptors (Lipinski definition) is 1. The summed E-state index contributed by atoms with van der Waals surface area (Å²) in [6, 6.07) is 9.20. The van der Waals surface area contributed by atoms with Crippen LogP contribution in [0.2, 0.25) is 0 Å². The Morgan fingerprint density at radius 3 is 2.00 bits per heavy atom. The van der Waals surface area contributed by atoms with Crippen LogP contribution in [0.5, 0.6) is 0 Å². The van der Waals surface area contributed by atoms with E-state index in [1.165, 1.54) is 11.1 Å². The summed E-state index contributed by atoms with van der Waals surface area (Å²) in [4.78, 5) is 0. The van der Waals surface area contributed by atoms with Crippen molar-refractivity contribution < 1.29 is 0 Å². The largest absolute Gasteiger partial charge is 0.310 e. The van der Waals surface area contributed by atoms with Gasteiger partial charge in [0.25, 0.3) is 0 Å². The lowest BCUT2D eigenvalue weighted by Gasteiger charge is -2.07. The molecule has 0 amide bonds. The predicted octanol–water partition coefficient (Wildman–Crippen LogP) is 3.52. The molecule has 0 aromatic heterocycles. The zero-order chi connectivity index (χ0) is 11.0. The lowest BCUT2D eigenvalue weighted by Crippen LogP contribution is -2.21. The van der Waals surface area contributed by atoms with E-state index in [1.807, 2.05) is 13.8 Å². The van der Waals surface area contributed by atoms with Gasteiger partial charge in [-0.3, -0.25) is 0 Å². The SMILES string of the molecule is CC.Cc1ccc(CNC(C)C)cc1. The average Bonchev–Trinajstić information content (AvgIpc) is 2.20. The van der Waals surface area contributed by atoms with Gasteiger partial charge in [0.1, 0.15) is 0 Å². The summed E-state index contributed by atoms with van der Waals surface area (Å²) in [5, 5.41) is 3.38. The molecule has 0 heterocycles. The van der Waals surface area contributed by atoms with Crippen molar-refractivity contribution in [3.05, 3.63) is 35.4 Å². The lowest BCUT2D eigenvalue weighted by atomic mass is 10.1. The minimum atomic E-state index is 0.561. The standard InChI is InChI=1S/C11H17N.C2H6/c1-9(2)12-8-11-6-4-10(3)5-7-11;1-2/h4-7,9,12H,8H2,1-3H3;1-2H3. The molecular weight excluding hydrogens is 170 g/mol.